The van der Waals surface area contributed by atoms with E-state index in [0.29, 0.717) is 12.2 Å². The topological polar surface area (TPSA) is 83.0 Å². The van der Waals surface area contributed by atoms with Gasteiger partial charge in [-0.25, -0.2) is 5.43 Å². The minimum Gasteiger partial charge on any atom is -0.508 e. The largest absolute Gasteiger partial charge is 0.508 e. The molecule has 0 aliphatic heterocycles. The van der Waals surface area contributed by atoms with E-state index in [2.05, 4.69) is 15.8 Å². The number of hydrazone groups is 1. The molecule has 3 N–H and O–H groups in total. The van der Waals surface area contributed by atoms with E-state index in [4.69, 9.17) is 4.74 Å². The maximum absolute atomic E-state index is 11.7. The number of hydrogen-bond acceptors (Lipinski definition) is 5. The summed E-state index contributed by atoms with van der Waals surface area (Å²) >= 11 is 0. The van der Waals surface area contributed by atoms with E-state index in [-0.39, 0.29) is 18.2 Å². The molecule has 6 nitrogen and oxygen atoms in total. The molecular weight excluding hydrogens is 294 g/mol. The maximum Gasteiger partial charge on any atom is 0.259 e. The Morgan fingerprint density at radius 2 is 2.04 bits per heavy atom. The molecule has 23 heavy (non-hydrogen) atoms. The van der Waals surface area contributed by atoms with Crippen molar-refractivity contribution in [1.29, 1.82) is 0 Å². The van der Waals surface area contributed by atoms with E-state index >= 15 is 0 Å². The molecule has 6 heteroatoms. The molecule has 0 aliphatic rings. The van der Waals surface area contributed by atoms with Gasteiger partial charge in [-0.3, -0.25) is 4.79 Å². The van der Waals surface area contributed by atoms with Gasteiger partial charge in [-0.05, 0) is 48.9 Å². The molecule has 0 saturated heterocycles. The zero-order valence-electron chi connectivity index (χ0n) is 12.8. The van der Waals surface area contributed by atoms with E-state index < -0.39 is 0 Å². The summed E-state index contributed by atoms with van der Waals surface area (Å²) in [6, 6.07) is 13.9. The van der Waals surface area contributed by atoms with Crippen molar-refractivity contribution in [2.75, 3.05) is 18.5 Å². The van der Waals surface area contributed by atoms with E-state index in [9.17, 15) is 9.90 Å². The van der Waals surface area contributed by atoms with Crippen LogP contribution in [0.5, 0.6) is 11.5 Å². The third-order valence-electron chi connectivity index (χ3n) is 2.89. The van der Waals surface area contributed by atoms with Crippen molar-refractivity contribution in [3.05, 3.63) is 54.1 Å². The van der Waals surface area contributed by atoms with Crippen LogP contribution < -0.4 is 15.5 Å². The van der Waals surface area contributed by atoms with Gasteiger partial charge < -0.3 is 15.2 Å². The number of phenolic OH excluding ortho intramolecular Hbond substituents is 1. The lowest BCUT2D eigenvalue weighted by atomic mass is 10.2. The van der Waals surface area contributed by atoms with Gasteiger partial charge in [0.15, 0.2) is 0 Å². The molecule has 0 aliphatic carbocycles. The van der Waals surface area contributed by atoms with Crippen LogP contribution in [0.2, 0.25) is 0 Å². The van der Waals surface area contributed by atoms with Gasteiger partial charge in [0.2, 0.25) is 0 Å². The molecular formula is C17H19N3O3. The average molecular weight is 313 g/mol. The molecule has 0 saturated carbocycles. The van der Waals surface area contributed by atoms with Crippen molar-refractivity contribution in [3.8, 4) is 11.5 Å². The van der Waals surface area contributed by atoms with Gasteiger partial charge in [0.1, 0.15) is 11.5 Å². The van der Waals surface area contributed by atoms with E-state index in [1.165, 1.54) is 6.21 Å². The predicted molar refractivity (Wildman–Crippen MR) is 89.9 cm³/mol. The molecule has 2 aromatic rings. The molecule has 2 aromatic carbocycles. The number of benzene rings is 2. The number of nitrogens with one attached hydrogen (secondary N) is 2. The van der Waals surface area contributed by atoms with Gasteiger partial charge in [-0.2, -0.15) is 5.10 Å². The lowest BCUT2D eigenvalue weighted by Crippen LogP contribution is -2.25. The Morgan fingerprint density at radius 1 is 1.26 bits per heavy atom. The zero-order valence-corrected chi connectivity index (χ0v) is 12.8. The number of amides is 1. The first-order valence-electron chi connectivity index (χ1n) is 7.25. The fourth-order valence-corrected chi connectivity index (χ4v) is 1.84. The number of phenols is 1. The first-order chi connectivity index (χ1) is 11.2. The fourth-order valence-electron chi connectivity index (χ4n) is 1.84. The number of carbonyl (C=O) groups is 1. The zero-order chi connectivity index (χ0) is 16.5. The van der Waals surface area contributed by atoms with Crippen molar-refractivity contribution in [3.63, 3.8) is 0 Å². The highest BCUT2D eigenvalue weighted by molar-refractivity contribution is 5.84. The highest BCUT2D eigenvalue weighted by Gasteiger charge is 2.00. The Hall–Kier alpha value is -3.02. The fraction of sp³-hybridized carbons (Fsp3) is 0.176. The van der Waals surface area contributed by atoms with Crippen molar-refractivity contribution < 1.29 is 14.6 Å². The standard InChI is InChI=1S/C17H19N3O3/c1-2-23-16-8-6-14(7-9-16)18-12-17(22)20-19-11-13-4-3-5-15(21)10-13/h3-11,18,21H,2,12H2,1H3,(H,20,22)/b19-11+. The van der Waals surface area contributed by atoms with Crippen LogP contribution in [-0.4, -0.2) is 30.4 Å². The number of anilines is 1. The van der Waals surface area contributed by atoms with E-state index in [1.807, 2.05) is 31.2 Å². The molecule has 0 heterocycles. The second kappa shape index (κ2) is 8.43. The van der Waals surface area contributed by atoms with Gasteiger partial charge in [-0.15, -0.1) is 0 Å². The average Bonchev–Trinajstić information content (AvgIpc) is 2.55. The van der Waals surface area contributed by atoms with Gasteiger partial charge in [0.05, 0.1) is 19.4 Å². The predicted octanol–water partition coefficient (Wildman–Crippen LogP) is 2.35. The lowest BCUT2D eigenvalue weighted by molar-refractivity contribution is -0.119. The Bertz CT molecular complexity index is 669. The number of rotatable bonds is 7. The van der Waals surface area contributed by atoms with Crippen LogP contribution in [0.15, 0.2) is 53.6 Å². The summed E-state index contributed by atoms with van der Waals surface area (Å²) in [7, 11) is 0. The third-order valence-corrected chi connectivity index (χ3v) is 2.89. The van der Waals surface area contributed by atoms with Crippen LogP contribution in [0.3, 0.4) is 0 Å². The van der Waals surface area contributed by atoms with Crippen molar-refractivity contribution in [1.82, 2.24) is 5.43 Å². The van der Waals surface area contributed by atoms with Crippen LogP contribution in [-0.2, 0) is 4.79 Å². The number of aromatic hydroxyl groups is 1. The molecule has 0 aromatic heterocycles. The van der Waals surface area contributed by atoms with Crippen LogP contribution in [0.25, 0.3) is 0 Å². The van der Waals surface area contributed by atoms with Crippen molar-refractivity contribution in [2.24, 2.45) is 5.10 Å². The maximum atomic E-state index is 11.7. The van der Waals surface area contributed by atoms with Crippen LogP contribution in [0, 0.1) is 0 Å². The normalized spacial score (nSPS) is 10.5. The lowest BCUT2D eigenvalue weighted by Gasteiger charge is -2.07. The SMILES string of the molecule is CCOc1ccc(NCC(=O)N/N=C/c2cccc(O)c2)cc1. The highest BCUT2D eigenvalue weighted by Crippen LogP contribution is 2.15. The molecule has 1 amide bonds. The minimum atomic E-state index is -0.268. The van der Waals surface area contributed by atoms with Crippen LogP contribution in [0.1, 0.15) is 12.5 Å². The monoisotopic (exact) mass is 313 g/mol. The second-order valence-electron chi connectivity index (χ2n) is 4.70. The summed E-state index contributed by atoms with van der Waals surface area (Å²) in [5.41, 5.74) is 3.93. The first-order valence-corrected chi connectivity index (χ1v) is 7.25. The van der Waals surface area contributed by atoms with Gasteiger partial charge in [0.25, 0.3) is 5.91 Å². The van der Waals surface area contributed by atoms with E-state index in [0.717, 1.165) is 11.4 Å². The summed E-state index contributed by atoms with van der Waals surface area (Å²) in [5, 5.41) is 16.1. The number of ether oxygens (including phenoxy) is 1. The number of hydrogen-bond donors (Lipinski definition) is 3. The number of carbonyl (C=O) groups excluding carboxylic acids is 1. The number of nitrogens with zero attached hydrogens (tertiary/aromatic N) is 1. The molecule has 0 unspecified atom stereocenters. The molecule has 0 bridgehead atoms. The van der Waals surface area contributed by atoms with Gasteiger partial charge in [0, 0.05) is 5.69 Å². The van der Waals surface area contributed by atoms with Crippen LogP contribution >= 0.6 is 0 Å². The molecule has 0 radical (unpaired) electrons. The Balaban J connectivity index is 1.76. The molecule has 0 spiro atoms. The minimum absolute atomic E-state index is 0.103. The summed E-state index contributed by atoms with van der Waals surface area (Å²) < 4.78 is 5.35. The first kappa shape index (κ1) is 16.4. The summed E-state index contributed by atoms with van der Waals surface area (Å²) in [4.78, 5) is 11.7. The van der Waals surface area contributed by atoms with E-state index in [1.54, 1.807) is 24.3 Å². The Kier molecular flexibility index (Phi) is 5.99. The van der Waals surface area contributed by atoms with Crippen molar-refractivity contribution >= 4 is 17.8 Å². The molecule has 120 valence electrons. The summed E-state index contributed by atoms with van der Waals surface area (Å²) in [5.74, 6) is 0.672. The quantitative estimate of drug-likeness (QED) is 0.541. The van der Waals surface area contributed by atoms with Gasteiger partial charge in [-0.1, -0.05) is 12.1 Å². The van der Waals surface area contributed by atoms with Crippen LogP contribution in [0.4, 0.5) is 5.69 Å². The van der Waals surface area contributed by atoms with Gasteiger partial charge >= 0.3 is 0 Å². The summed E-state index contributed by atoms with van der Waals surface area (Å²) in [6.45, 7) is 2.64. The van der Waals surface area contributed by atoms with Crippen molar-refractivity contribution in [2.45, 2.75) is 6.92 Å². The third kappa shape index (κ3) is 5.70. The Morgan fingerprint density at radius 3 is 2.74 bits per heavy atom. The Labute approximate surface area is 134 Å². The summed E-state index contributed by atoms with van der Waals surface area (Å²) in [6.07, 6.45) is 1.47. The molecule has 0 atom stereocenters. The molecule has 0 fully saturated rings. The smallest absolute Gasteiger partial charge is 0.259 e. The second-order valence-corrected chi connectivity index (χ2v) is 4.70. The highest BCUT2D eigenvalue weighted by atomic mass is 16.5. The molecule has 2 rings (SSSR count).